The predicted octanol–water partition coefficient (Wildman–Crippen LogP) is 5.46. The first-order chi connectivity index (χ1) is 7.91. The Morgan fingerprint density at radius 1 is 0.833 bits per heavy atom. The molecule has 0 fully saturated rings. The molecule has 0 aromatic heterocycles. The standard InChI is InChI=1S/C14H20O.I2.H3N/c1-8(7-15)14-12(5)10(3)9(2)11(4)13(14)6;1-2;/h7-8H,1-6H3;;1H3. The maximum Gasteiger partial charge on any atom is 0.127 e. The van der Waals surface area contributed by atoms with Gasteiger partial charge in [0.25, 0.3) is 0 Å². The van der Waals surface area contributed by atoms with E-state index in [1.165, 1.54) is 33.4 Å². The monoisotopic (exact) mass is 475 g/mol. The minimum atomic E-state index is 0. The van der Waals surface area contributed by atoms with Crippen molar-refractivity contribution in [2.45, 2.75) is 47.5 Å². The highest BCUT2D eigenvalue weighted by atomic mass is 128. The fourth-order valence-electron chi connectivity index (χ4n) is 2.28. The van der Waals surface area contributed by atoms with E-state index >= 15 is 0 Å². The fraction of sp³-hybridized carbons (Fsp3) is 0.500. The molecule has 1 aromatic rings. The third-order valence-corrected chi connectivity index (χ3v) is 3.72. The number of halogens is 2. The molecule has 0 heterocycles. The lowest BCUT2D eigenvalue weighted by molar-refractivity contribution is -0.108. The average Bonchev–Trinajstić information content (AvgIpc) is 2.36. The molecule has 1 aromatic carbocycles. The second-order valence-electron chi connectivity index (χ2n) is 4.46. The molecule has 1 unspecified atom stereocenters. The summed E-state index contributed by atoms with van der Waals surface area (Å²) in [4.78, 5) is 10.9. The van der Waals surface area contributed by atoms with E-state index in [-0.39, 0.29) is 12.1 Å². The zero-order valence-corrected chi connectivity index (χ0v) is 16.3. The van der Waals surface area contributed by atoms with Crippen LogP contribution in [0, 0.1) is 34.6 Å². The van der Waals surface area contributed by atoms with Crippen molar-refractivity contribution < 1.29 is 4.79 Å². The van der Waals surface area contributed by atoms with Crippen molar-refractivity contribution in [1.29, 1.82) is 0 Å². The van der Waals surface area contributed by atoms with Gasteiger partial charge in [-0.3, -0.25) is 0 Å². The summed E-state index contributed by atoms with van der Waals surface area (Å²) in [6, 6.07) is 0. The highest BCUT2D eigenvalue weighted by Gasteiger charge is 2.16. The van der Waals surface area contributed by atoms with E-state index in [2.05, 4.69) is 71.9 Å². The summed E-state index contributed by atoms with van der Waals surface area (Å²) < 4.78 is 0. The van der Waals surface area contributed by atoms with Crippen LogP contribution < -0.4 is 6.15 Å². The molecule has 2 nitrogen and oxygen atoms in total. The average molecular weight is 475 g/mol. The Bertz CT molecular complexity index is 388. The van der Waals surface area contributed by atoms with Gasteiger partial charge >= 0.3 is 0 Å². The second kappa shape index (κ2) is 9.25. The van der Waals surface area contributed by atoms with E-state index in [4.69, 9.17) is 0 Å². The van der Waals surface area contributed by atoms with Crippen molar-refractivity contribution >= 4 is 43.5 Å². The molecule has 0 amide bonds. The van der Waals surface area contributed by atoms with Gasteiger partial charge in [0.1, 0.15) is 6.29 Å². The van der Waals surface area contributed by atoms with Crippen molar-refractivity contribution in [3.8, 4) is 0 Å². The summed E-state index contributed by atoms with van der Waals surface area (Å²) in [7, 11) is 0. The van der Waals surface area contributed by atoms with E-state index < -0.39 is 0 Å². The number of carbonyl (C=O) groups excluding carboxylic acids is 1. The smallest absolute Gasteiger partial charge is 0.127 e. The van der Waals surface area contributed by atoms with Gasteiger partial charge in [0, 0.05) is 43.1 Å². The maximum atomic E-state index is 10.9. The van der Waals surface area contributed by atoms with E-state index in [1.807, 2.05) is 6.92 Å². The lowest BCUT2D eigenvalue weighted by atomic mass is 9.84. The fourth-order valence-corrected chi connectivity index (χ4v) is 2.28. The normalized spacial score (nSPS) is 10.9. The van der Waals surface area contributed by atoms with Crippen LogP contribution in [-0.2, 0) is 4.79 Å². The van der Waals surface area contributed by atoms with Gasteiger partial charge in [-0.05, 0) is 68.0 Å². The van der Waals surface area contributed by atoms with E-state index in [0.717, 1.165) is 6.29 Å². The molecule has 0 saturated carbocycles. The molecule has 18 heavy (non-hydrogen) atoms. The van der Waals surface area contributed by atoms with Gasteiger partial charge in [0.15, 0.2) is 0 Å². The highest BCUT2D eigenvalue weighted by molar-refractivity contribution is 15.0. The highest BCUT2D eigenvalue weighted by Crippen LogP contribution is 2.30. The van der Waals surface area contributed by atoms with Gasteiger partial charge < -0.3 is 10.9 Å². The van der Waals surface area contributed by atoms with Crippen molar-refractivity contribution in [3.63, 3.8) is 0 Å². The summed E-state index contributed by atoms with van der Waals surface area (Å²) in [5, 5.41) is 0. The van der Waals surface area contributed by atoms with Crippen molar-refractivity contribution in [3.05, 3.63) is 33.4 Å². The van der Waals surface area contributed by atoms with Crippen LogP contribution in [0.1, 0.15) is 46.2 Å². The molecular weight excluding hydrogens is 452 g/mol. The van der Waals surface area contributed by atoms with Crippen LogP contribution in [0.5, 0.6) is 0 Å². The molecule has 0 radical (unpaired) electrons. The predicted molar refractivity (Wildman–Crippen MR) is 97.7 cm³/mol. The van der Waals surface area contributed by atoms with Crippen LogP contribution >= 0.6 is 37.2 Å². The second-order valence-corrected chi connectivity index (χ2v) is 4.46. The van der Waals surface area contributed by atoms with Crippen LogP contribution in [-0.4, -0.2) is 6.29 Å². The molecule has 0 aliphatic heterocycles. The molecule has 1 atom stereocenters. The van der Waals surface area contributed by atoms with Gasteiger partial charge in [-0.1, -0.05) is 6.92 Å². The Balaban J connectivity index is 0. The lowest BCUT2D eigenvalue weighted by Gasteiger charge is -2.20. The Morgan fingerprint density at radius 3 is 1.39 bits per heavy atom. The summed E-state index contributed by atoms with van der Waals surface area (Å²) in [6.07, 6.45) is 1.03. The first-order valence-electron chi connectivity index (χ1n) is 5.58. The van der Waals surface area contributed by atoms with Gasteiger partial charge in [0.05, 0.1) is 0 Å². The molecule has 0 aliphatic carbocycles. The van der Waals surface area contributed by atoms with Crippen LogP contribution in [0.15, 0.2) is 0 Å². The molecule has 104 valence electrons. The third kappa shape index (κ3) is 4.16. The van der Waals surface area contributed by atoms with Crippen LogP contribution in [0.2, 0.25) is 0 Å². The molecule has 1 rings (SSSR count). The Kier molecular flexibility index (Phi) is 10.6. The summed E-state index contributed by atoms with van der Waals surface area (Å²) in [6.45, 7) is 12.6. The molecule has 0 saturated heterocycles. The quantitative estimate of drug-likeness (QED) is 0.456. The first kappa shape index (κ1) is 20.6. The van der Waals surface area contributed by atoms with Crippen LogP contribution in [0.4, 0.5) is 0 Å². The van der Waals surface area contributed by atoms with Gasteiger partial charge in [0.2, 0.25) is 0 Å². The number of hydrogen-bond acceptors (Lipinski definition) is 2. The van der Waals surface area contributed by atoms with Gasteiger partial charge in [-0.25, -0.2) is 0 Å². The first-order valence-corrected chi connectivity index (χ1v) is 11.9. The number of aldehydes is 1. The number of benzene rings is 1. The van der Waals surface area contributed by atoms with Crippen LogP contribution in [0.3, 0.4) is 0 Å². The molecule has 3 N–H and O–H groups in total. The zero-order chi connectivity index (χ0) is 13.7. The Hall–Kier alpha value is 0.310. The van der Waals surface area contributed by atoms with Crippen molar-refractivity contribution in [2.75, 3.05) is 0 Å². The van der Waals surface area contributed by atoms with Crippen LogP contribution in [0.25, 0.3) is 0 Å². The summed E-state index contributed by atoms with van der Waals surface area (Å²) in [5.74, 6) is 0.00278. The van der Waals surface area contributed by atoms with Gasteiger partial charge in [-0.15, -0.1) is 0 Å². The molecule has 4 heteroatoms. The lowest BCUT2D eigenvalue weighted by Crippen LogP contribution is -2.06. The topological polar surface area (TPSA) is 52.1 Å². The molecule has 0 bridgehead atoms. The van der Waals surface area contributed by atoms with E-state index in [9.17, 15) is 4.79 Å². The minimum absolute atomic E-state index is 0. The third-order valence-electron chi connectivity index (χ3n) is 3.72. The summed E-state index contributed by atoms with van der Waals surface area (Å²) in [5.41, 5.74) is 7.76. The molecule has 0 aliphatic rings. The Labute approximate surface area is 134 Å². The van der Waals surface area contributed by atoms with Crippen molar-refractivity contribution in [1.82, 2.24) is 6.15 Å². The zero-order valence-electron chi connectivity index (χ0n) is 12.0. The number of carbonyl (C=O) groups is 1. The van der Waals surface area contributed by atoms with Gasteiger partial charge in [-0.2, -0.15) is 0 Å². The largest absolute Gasteiger partial charge is 0.344 e. The Morgan fingerprint density at radius 2 is 1.11 bits per heavy atom. The van der Waals surface area contributed by atoms with E-state index in [0.29, 0.717) is 0 Å². The summed E-state index contributed by atoms with van der Waals surface area (Å²) >= 11 is 4.24. The van der Waals surface area contributed by atoms with Crippen molar-refractivity contribution in [2.24, 2.45) is 0 Å². The molecule has 0 spiro atoms. The SMILES string of the molecule is Cc1c(C)c(C)c(C(C)C=O)c(C)c1C.II.N. The number of hydrogen-bond donors (Lipinski definition) is 1. The van der Waals surface area contributed by atoms with E-state index in [1.54, 1.807) is 0 Å². The molecular formula is C14H23I2NO. The number of rotatable bonds is 2. The minimum Gasteiger partial charge on any atom is -0.344 e. The maximum absolute atomic E-state index is 10.9.